The summed E-state index contributed by atoms with van der Waals surface area (Å²) >= 11 is 6.18. The molecular formula is C35H37ClN4O2S. The van der Waals surface area contributed by atoms with Gasteiger partial charge in [-0.25, -0.2) is 4.21 Å². The van der Waals surface area contributed by atoms with Crippen LogP contribution in [-0.4, -0.2) is 52.7 Å². The average molecular weight is 613 g/mol. The van der Waals surface area contributed by atoms with Crippen molar-refractivity contribution in [1.82, 2.24) is 14.6 Å². The van der Waals surface area contributed by atoms with Crippen molar-refractivity contribution >= 4 is 50.7 Å². The van der Waals surface area contributed by atoms with Gasteiger partial charge in [-0.2, -0.15) is 0 Å². The van der Waals surface area contributed by atoms with Crippen LogP contribution >= 0.6 is 11.6 Å². The number of fused-ring (bicyclic) bond motifs is 1. The van der Waals surface area contributed by atoms with Crippen LogP contribution in [0.25, 0.3) is 16.5 Å². The molecule has 222 valence electrons. The highest BCUT2D eigenvalue weighted by Crippen LogP contribution is 2.43. The van der Waals surface area contributed by atoms with Gasteiger partial charge in [0, 0.05) is 55.0 Å². The largest absolute Gasteiger partial charge is 0.369 e. The monoisotopic (exact) mass is 612 g/mol. The number of rotatable bonds is 7. The van der Waals surface area contributed by atoms with Gasteiger partial charge < -0.3 is 4.90 Å². The van der Waals surface area contributed by atoms with Crippen molar-refractivity contribution in [3.8, 4) is 0 Å². The lowest BCUT2D eigenvalue weighted by Gasteiger charge is -2.39. The lowest BCUT2D eigenvalue weighted by molar-refractivity contribution is 0.0982. The van der Waals surface area contributed by atoms with Gasteiger partial charge in [-0.05, 0) is 84.3 Å². The van der Waals surface area contributed by atoms with Crippen LogP contribution in [0.4, 0.5) is 5.69 Å². The van der Waals surface area contributed by atoms with Crippen molar-refractivity contribution in [2.75, 3.05) is 37.6 Å². The van der Waals surface area contributed by atoms with Crippen LogP contribution in [0.5, 0.6) is 0 Å². The maximum absolute atomic E-state index is 12.9. The molecule has 4 aromatic rings. The van der Waals surface area contributed by atoms with E-state index in [1.807, 2.05) is 60.7 Å². The molecule has 8 heteroatoms. The highest BCUT2D eigenvalue weighted by Gasteiger charge is 2.29. The topological polar surface area (TPSA) is 65.5 Å². The third kappa shape index (κ3) is 7.01. The van der Waals surface area contributed by atoms with E-state index in [0.29, 0.717) is 15.9 Å². The maximum atomic E-state index is 12.9. The Balaban J connectivity index is 1.05. The van der Waals surface area contributed by atoms with E-state index in [1.165, 1.54) is 23.8 Å². The number of amides is 1. The molecule has 2 heterocycles. The van der Waals surface area contributed by atoms with Crippen molar-refractivity contribution in [3.05, 3.63) is 107 Å². The molecule has 1 fully saturated rings. The minimum atomic E-state index is -1.66. The summed E-state index contributed by atoms with van der Waals surface area (Å²) in [5.41, 5.74) is 6.96. The number of carbonyl (C=O) groups excluding carboxylic acids is 1. The summed E-state index contributed by atoms with van der Waals surface area (Å²) in [6, 6.07) is 25.4. The van der Waals surface area contributed by atoms with Crippen LogP contribution in [0, 0.1) is 5.41 Å². The number of hydrogen-bond donors (Lipinski definition) is 1. The summed E-state index contributed by atoms with van der Waals surface area (Å²) < 4.78 is 15.5. The van der Waals surface area contributed by atoms with Gasteiger partial charge in [0.1, 0.15) is 0 Å². The van der Waals surface area contributed by atoms with Crippen molar-refractivity contribution in [2.45, 2.75) is 38.0 Å². The maximum Gasteiger partial charge on any atom is 0.264 e. The van der Waals surface area contributed by atoms with Crippen LogP contribution in [-0.2, 0) is 11.0 Å². The second-order valence-electron chi connectivity index (χ2n) is 12.3. The first-order valence-electron chi connectivity index (χ1n) is 14.9. The number of anilines is 1. The van der Waals surface area contributed by atoms with E-state index < -0.39 is 16.9 Å². The molecule has 0 radical (unpaired) electrons. The van der Waals surface area contributed by atoms with E-state index in [2.05, 4.69) is 45.5 Å². The van der Waals surface area contributed by atoms with E-state index >= 15 is 0 Å². The van der Waals surface area contributed by atoms with Gasteiger partial charge in [0.2, 0.25) is 0 Å². The number of pyridine rings is 1. The molecule has 1 saturated heterocycles. The van der Waals surface area contributed by atoms with E-state index in [1.54, 1.807) is 11.6 Å². The predicted molar refractivity (Wildman–Crippen MR) is 177 cm³/mol. The molecule has 1 aliphatic carbocycles. The second-order valence-corrected chi connectivity index (χ2v) is 14.0. The summed E-state index contributed by atoms with van der Waals surface area (Å²) in [5, 5.41) is 1.64. The Morgan fingerprint density at radius 1 is 0.977 bits per heavy atom. The number of nitrogens with one attached hydrogen (secondary N) is 1. The smallest absolute Gasteiger partial charge is 0.264 e. The number of para-hydroxylation sites is 1. The minimum Gasteiger partial charge on any atom is -0.369 e. The quantitative estimate of drug-likeness (QED) is 0.241. The van der Waals surface area contributed by atoms with Gasteiger partial charge >= 0.3 is 0 Å². The van der Waals surface area contributed by atoms with Crippen LogP contribution in [0.2, 0.25) is 5.02 Å². The molecule has 6 rings (SSSR count). The molecule has 1 unspecified atom stereocenters. The lowest BCUT2D eigenvalue weighted by Crippen LogP contribution is -2.47. The first-order valence-corrected chi connectivity index (χ1v) is 16.4. The summed E-state index contributed by atoms with van der Waals surface area (Å²) in [4.78, 5) is 22.6. The Labute approximate surface area is 261 Å². The Morgan fingerprint density at radius 3 is 2.44 bits per heavy atom. The third-order valence-electron chi connectivity index (χ3n) is 8.62. The van der Waals surface area contributed by atoms with Gasteiger partial charge in [-0.3, -0.25) is 19.4 Å². The molecule has 1 aliphatic heterocycles. The fourth-order valence-electron chi connectivity index (χ4n) is 6.08. The number of halogens is 1. The van der Waals surface area contributed by atoms with Crippen molar-refractivity contribution in [3.63, 3.8) is 0 Å². The highest BCUT2D eigenvalue weighted by molar-refractivity contribution is 7.83. The fourth-order valence-corrected chi connectivity index (χ4v) is 6.99. The number of carbonyl (C=O) groups is 1. The zero-order valence-electron chi connectivity index (χ0n) is 24.7. The first-order chi connectivity index (χ1) is 20.7. The third-order valence-corrected chi connectivity index (χ3v) is 9.94. The molecule has 3 aromatic carbocycles. The number of nitrogens with zero attached hydrogens (tertiary/aromatic N) is 3. The average Bonchev–Trinajstić information content (AvgIpc) is 3.02. The van der Waals surface area contributed by atoms with E-state index in [-0.39, 0.29) is 0 Å². The molecule has 0 bridgehead atoms. The van der Waals surface area contributed by atoms with Crippen LogP contribution in [0.1, 0.15) is 49.0 Å². The van der Waals surface area contributed by atoms with Crippen molar-refractivity contribution < 1.29 is 9.00 Å². The zero-order valence-corrected chi connectivity index (χ0v) is 26.3. The molecule has 0 spiro atoms. The molecule has 1 N–H and O–H groups in total. The van der Waals surface area contributed by atoms with Crippen LogP contribution < -0.4 is 9.62 Å². The Bertz CT molecular complexity index is 1680. The number of hydrogen-bond acceptors (Lipinski definition) is 5. The van der Waals surface area contributed by atoms with Crippen molar-refractivity contribution in [2.24, 2.45) is 5.41 Å². The van der Waals surface area contributed by atoms with Gasteiger partial charge in [0.25, 0.3) is 5.91 Å². The molecular weight excluding hydrogens is 576 g/mol. The minimum absolute atomic E-state index is 0.309. The van der Waals surface area contributed by atoms with Crippen LogP contribution in [0.15, 0.2) is 95.5 Å². The number of piperazine rings is 1. The summed E-state index contributed by atoms with van der Waals surface area (Å²) in [6.45, 7) is 9.60. The number of aromatic nitrogens is 1. The normalized spacial score (nSPS) is 18.1. The van der Waals surface area contributed by atoms with Gasteiger partial charge in [-0.1, -0.05) is 61.4 Å². The van der Waals surface area contributed by atoms with Gasteiger partial charge in [0.05, 0.1) is 16.0 Å². The molecule has 2 aliphatic rings. The van der Waals surface area contributed by atoms with E-state index in [4.69, 9.17) is 11.6 Å². The van der Waals surface area contributed by atoms with E-state index in [0.717, 1.165) is 67.2 Å². The van der Waals surface area contributed by atoms with E-state index in [9.17, 15) is 9.00 Å². The standard InChI is InChI=1S/C35H37ClN4O2S/c1-35(2)16-15-27(32(22-35)25-7-9-29(36)10-8-25)24-39-17-19-40(20-18-39)30-11-13-31(14-12-30)43(42)38-34(41)28-21-26-5-3-4-6-33(26)37-23-28/h3-14,21,23H,15-20,22,24H2,1-2H3,(H,38,41). The molecule has 43 heavy (non-hydrogen) atoms. The number of allylic oxidation sites excluding steroid dienone is 1. The van der Waals surface area contributed by atoms with Crippen molar-refractivity contribution in [1.29, 1.82) is 0 Å². The fraction of sp³-hybridized carbons (Fsp3) is 0.314. The predicted octanol–water partition coefficient (Wildman–Crippen LogP) is 7.13. The molecule has 0 saturated carbocycles. The SMILES string of the molecule is CC1(C)CCC(CN2CCN(c3ccc(S(=O)NC(=O)c4cnc5ccccc5c4)cc3)CC2)=C(c2ccc(Cl)cc2)C1. The summed E-state index contributed by atoms with van der Waals surface area (Å²) in [5.74, 6) is -0.410. The number of benzene rings is 3. The lowest BCUT2D eigenvalue weighted by atomic mass is 9.72. The highest BCUT2D eigenvalue weighted by atomic mass is 35.5. The molecule has 1 aromatic heterocycles. The first kappa shape index (κ1) is 29.5. The Hall–Kier alpha value is -3.52. The molecule has 1 atom stereocenters. The summed E-state index contributed by atoms with van der Waals surface area (Å²) in [6.07, 6.45) is 4.96. The zero-order chi connectivity index (χ0) is 30.0. The molecule has 6 nitrogen and oxygen atoms in total. The molecule has 1 amide bonds. The second kappa shape index (κ2) is 12.6. The summed E-state index contributed by atoms with van der Waals surface area (Å²) in [7, 11) is -1.66. The van der Waals surface area contributed by atoms with Gasteiger partial charge in [-0.15, -0.1) is 0 Å². The Morgan fingerprint density at radius 2 is 1.70 bits per heavy atom. The van der Waals surface area contributed by atoms with Gasteiger partial charge in [0.15, 0.2) is 11.0 Å². The Kier molecular flexibility index (Phi) is 8.66. The van der Waals surface area contributed by atoms with Crippen LogP contribution in [0.3, 0.4) is 0 Å².